The first-order chi connectivity index (χ1) is 39.5. The van der Waals surface area contributed by atoms with E-state index in [9.17, 15) is 18.0 Å². The maximum absolute atomic E-state index is 12.7. The predicted octanol–water partition coefficient (Wildman–Crippen LogP) is 14.9. The highest BCUT2D eigenvalue weighted by molar-refractivity contribution is 6.32. The number of rotatable bonds is 11. The number of esters is 1. The molecule has 1 aliphatic rings. The summed E-state index contributed by atoms with van der Waals surface area (Å²) in [6, 6.07) is 42.1. The number of methoxy groups -OCH3 is 1. The van der Waals surface area contributed by atoms with Crippen molar-refractivity contribution in [3.63, 3.8) is 0 Å². The van der Waals surface area contributed by atoms with Gasteiger partial charge in [-0.1, -0.05) is 109 Å². The standard InChI is InChI=1S/C13H11N3.C13H12N2O2.C12H11ClN2.C12H9F3N2.C12H10N2O2/c1-2-10(4-5-11-6-9-15-16-11)12-7-8-14-13(12)3-1;1-17-13(16)12-5-3-2-4-10(12)6-7-11-8-9-14-15-11;1-9-2-3-10(12(13)8-9)4-5-11-6-7-14-15-11;13-12(14,15)11-4-2-1-3-9(11)5-6-10-7-8-16-17-10;1-2-9(4-5-10-6-7-13-14-10)12-11(3-1)15-8-16-12/h1-9,14H,(H,15,16);2-9H,1H3,(H,14,15);2-8H,1H3,(H,14,15);1-8H,(H,16,17);1-7H,8H2,(H,13,14)/b5-4+;7-6+;5-4+;6-5+;5-4+. The lowest BCUT2D eigenvalue weighted by Gasteiger charge is -2.09. The van der Waals surface area contributed by atoms with Gasteiger partial charge >= 0.3 is 12.1 Å². The van der Waals surface area contributed by atoms with E-state index in [0.717, 1.165) is 67.6 Å². The van der Waals surface area contributed by atoms with Gasteiger partial charge in [0.05, 0.1) is 46.7 Å². The molecule has 0 fully saturated rings. The summed E-state index contributed by atoms with van der Waals surface area (Å²) >= 11 is 6.09. The molecule has 0 radical (unpaired) electrons. The summed E-state index contributed by atoms with van der Waals surface area (Å²) in [6.45, 7) is 2.32. The zero-order valence-electron chi connectivity index (χ0n) is 43.6. The lowest BCUT2D eigenvalue weighted by atomic mass is 10.1. The molecule has 7 heterocycles. The summed E-state index contributed by atoms with van der Waals surface area (Å²) in [5.41, 5.74) is 10.9. The monoisotopic (exact) mass is 1110 g/mol. The van der Waals surface area contributed by atoms with E-state index in [2.05, 4.69) is 80.2 Å². The first-order valence-electron chi connectivity index (χ1n) is 24.9. The minimum Gasteiger partial charge on any atom is -0.465 e. The van der Waals surface area contributed by atoms with Gasteiger partial charge < -0.3 is 19.2 Å². The summed E-state index contributed by atoms with van der Waals surface area (Å²) in [4.78, 5) is 14.7. The second-order valence-corrected chi connectivity index (χ2v) is 17.7. The number of H-pyrrole nitrogens is 6. The van der Waals surface area contributed by atoms with Gasteiger partial charge in [-0.05, 0) is 138 Å². The fourth-order valence-corrected chi connectivity index (χ4v) is 7.94. The molecule has 6 aromatic heterocycles. The number of fused-ring (bicyclic) bond motifs is 2. The Balaban J connectivity index is 0.000000133. The molecule has 0 aliphatic carbocycles. The van der Waals surface area contributed by atoms with Crippen LogP contribution in [0, 0.1) is 6.92 Å². The molecular weight excluding hydrogens is 1060 g/mol. The number of benzene rings is 5. The fourth-order valence-electron chi connectivity index (χ4n) is 7.64. The van der Waals surface area contributed by atoms with Gasteiger partial charge in [0, 0.05) is 58.7 Å². The molecule has 0 spiro atoms. The third-order valence-electron chi connectivity index (χ3n) is 11.7. The number of carbonyl (C=O) groups is 1. The molecule has 15 nitrogen and oxygen atoms in total. The molecule has 0 saturated carbocycles. The lowest BCUT2D eigenvalue weighted by Crippen LogP contribution is -2.06. The number of aromatic nitrogens is 11. The molecule has 6 N–H and O–H groups in total. The van der Waals surface area contributed by atoms with Crippen LogP contribution in [0.5, 0.6) is 11.5 Å². The van der Waals surface area contributed by atoms with Crippen molar-refractivity contribution in [1.82, 2.24) is 56.0 Å². The van der Waals surface area contributed by atoms with Gasteiger partial charge in [0.2, 0.25) is 6.79 Å². The molecule has 1 aliphatic heterocycles. The van der Waals surface area contributed by atoms with Crippen molar-refractivity contribution < 1.29 is 32.2 Å². The van der Waals surface area contributed by atoms with Crippen molar-refractivity contribution in [2.24, 2.45) is 0 Å². The van der Waals surface area contributed by atoms with E-state index in [1.54, 1.807) is 55.1 Å². The maximum atomic E-state index is 12.7. The van der Waals surface area contributed by atoms with Crippen molar-refractivity contribution >= 4 is 89.2 Å². The Bertz CT molecular complexity index is 3830. The highest BCUT2D eigenvalue weighted by Crippen LogP contribution is 2.36. The van der Waals surface area contributed by atoms with Crippen molar-refractivity contribution in [1.29, 1.82) is 0 Å². The highest BCUT2D eigenvalue weighted by atomic mass is 35.5. The van der Waals surface area contributed by atoms with Crippen LogP contribution in [0.3, 0.4) is 0 Å². The summed E-state index contributed by atoms with van der Waals surface area (Å²) in [5, 5.41) is 35.3. The van der Waals surface area contributed by atoms with Crippen molar-refractivity contribution in [2.45, 2.75) is 13.1 Å². The average Bonchev–Trinajstić information content (AvgIpc) is 4.42. The number of alkyl halides is 3. The molecule has 81 heavy (non-hydrogen) atoms. The normalized spacial score (nSPS) is 11.8. The van der Waals surface area contributed by atoms with Gasteiger partial charge in [-0.2, -0.15) is 38.7 Å². The van der Waals surface area contributed by atoms with Crippen LogP contribution in [-0.2, 0) is 10.9 Å². The van der Waals surface area contributed by atoms with Crippen molar-refractivity contribution in [2.75, 3.05) is 13.9 Å². The second-order valence-electron chi connectivity index (χ2n) is 17.3. The summed E-state index contributed by atoms with van der Waals surface area (Å²) in [5.74, 6) is 1.26. The minimum absolute atomic E-state index is 0.134. The molecule has 0 bridgehead atoms. The predicted molar refractivity (Wildman–Crippen MR) is 314 cm³/mol. The molecule has 0 atom stereocenters. The number of nitrogens with one attached hydrogen (secondary N) is 6. The quantitative estimate of drug-likeness (QED) is 0.0681. The van der Waals surface area contributed by atoms with E-state index in [1.807, 2.05) is 135 Å². The minimum atomic E-state index is -4.34. The zero-order chi connectivity index (χ0) is 56.7. The van der Waals surface area contributed by atoms with Crippen molar-refractivity contribution in [3.8, 4) is 11.5 Å². The van der Waals surface area contributed by atoms with Crippen molar-refractivity contribution in [3.05, 3.63) is 255 Å². The number of halogens is 4. The first kappa shape index (κ1) is 56.7. The number of ether oxygens (including phenoxy) is 3. The average molecular weight is 1110 g/mol. The summed E-state index contributed by atoms with van der Waals surface area (Å²) in [6.07, 6.45) is 24.6. The SMILES string of the molecule is C(=C\c1cccc2[nH]ccc12)/c1ccn[nH]1.C(=C\c1cccc2c1OCO2)/c1ccn[nH]1.COC(=O)c1ccccc1/C=C/c1ccn[nH]1.Cc1ccc(/C=C/c2ccn[nH]2)c(Cl)c1.FC(F)(F)c1ccccc1/C=C/c1ccn[nH]1. The number of aromatic amines is 6. The van der Waals surface area contributed by atoms with Crippen LogP contribution in [0.1, 0.15) is 77.8 Å². The van der Waals surface area contributed by atoms with Crippen LogP contribution in [-0.4, -0.2) is 75.8 Å². The van der Waals surface area contributed by atoms with Gasteiger partial charge in [0.1, 0.15) is 0 Å². The molecule has 19 heteroatoms. The van der Waals surface area contributed by atoms with Crippen LogP contribution in [0.2, 0.25) is 5.02 Å². The van der Waals surface area contributed by atoms with E-state index in [4.69, 9.17) is 25.8 Å². The zero-order valence-corrected chi connectivity index (χ0v) is 44.4. The van der Waals surface area contributed by atoms with E-state index in [-0.39, 0.29) is 11.5 Å². The Morgan fingerprint density at radius 1 is 0.531 bits per heavy atom. The molecule has 11 aromatic rings. The van der Waals surface area contributed by atoms with E-state index in [1.165, 1.54) is 48.0 Å². The molecule has 5 aromatic carbocycles. The van der Waals surface area contributed by atoms with Gasteiger partial charge in [0.15, 0.2) is 11.5 Å². The molecule has 0 saturated heterocycles. The third-order valence-corrected chi connectivity index (χ3v) is 12.0. The topological polar surface area (TPSA) is 204 Å². The molecule has 0 amide bonds. The Hall–Kier alpha value is -10.5. The third kappa shape index (κ3) is 17.0. The maximum Gasteiger partial charge on any atom is 0.416 e. The van der Waals surface area contributed by atoms with Gasteiger partial charge in [-0.3, -0.25) is 25.5 Å². The summed E-state index contributed by atoms with van der Waals surface area (Å²) in [7, 11) is 1.37. The van der Waals surface area contributed by atoms with Crippen LogP contribution in [0.15, 0.2) is 177 Å². The fraction of sp³-hybridized carbons (Fsp3) is 0.0645. The number of nitrogens with zero attached hydrogens (tertiary/aromatic N) is 5. The number of hydrogen-bond donors (Lipinski definition) is 6. The smallest absolute Gasteiger partial charge is 0.416 e. The van der Waals surface area contributed by atoms with Crippen LogP contribution in [0.4, 0.5) is 13.2 Å². The molecule has 0 unspecified atom stereocenters. The summed E-state index contributed by atoms with van der Waals surface area (Å²) < 4.78 is 53.4. The Kier molecular flexibility index (Phi) is 20.2. The number of hydrogen-bond acceptors (Lipinski definition) is 9. The second kappa shape index (κ2) is 28.8. The molecule has 12 rings (SSSR count). The van der Waals surface area contributed by atoms with E-state index in [0.29, 0.717) is 18.1 Å². The van der Waals surface area contributed by atoms with Gasteiger partial charge in [-0.15, -0.1) is 0 Å². The van der Waals surface area contributed by atoms with Gasteiger partial charge in [-0.25, -0.2) is 4.79 Å². The van der Waals surface area contributed by atoms with E-state index >= 15 is 0 Å². The van der Waals surface area contributed by atoms with Gasteiger partial charge in [0.25, 0.3) is 0 Å². The van der Waals surface area contributed by atoms with Crippen LogP contribution < -0.4 is 9.47 Å². The van der Waals surface area contributed by atoms with Crippen LogP contribution in [0.25, 0.3) is 71.7 Å². The Morgan fingerprint density at radius 2 is 1.01 bits per heavy atom. The Morgan fingerprint density at radius 3 is 1.56 bits per heavy atom. The largest absolute Gasteiger partial charge is 0.465 e. The lowest BCUT2D eigenvalue weighted by molar-refractivity contribution is -0.137. The van der Waals surface area contributed by atoms with E-state index < -0.39 is 11.7 Å². The molecule has 408 valence electrons. The Labute approximate surface area is 468 Å². The number of para-hydroxylation sites is 1. The highest BCUT2D eigenvalue weighted by Gasteiger charge is 2.32. The number of aryl methyl sites for hydroxylation is 1. The number of carbonyl (C=O) groups excluding carboxylic acids is 1. The first-order valence-corrected chi connectivity index (χ1v) is 25.3. The molecular formula is C62H53ClF3N11O4. The van der Waals surface area contributed by atoms with Crippen LogP contribution >= 0.6 is 11.6 Å².